The minimum Gasteiger partial charge on any atom is -0.446 e. The Bertz CT molecular complexity index is 1370. The summed E-state index contributed by atoms with van der Waals surface area (Å²) in [6.07, 6.45) is 2.83. The van der Waals surface area contributed by atoms with Crippen LogP contribution >= 0.6 is 0 Å². The second-order valence-electron chi connectivity index (χ2n) is 13.0. The minimum absolute atomic E-state index is 0.00250. The number of aliphatic hydroxyl groups excluding tert-OH is 1. The van der Waals surface area contributed by atoms with Crippen molar-refractivity contribution in [1.82, 2.24) is 5.32 Å². The van der Waals surface area contributed by atoms with E-state index in [1.54, 1.807) is 13.8 Å². The molecule has 1 fully saturated rings. The van der Waals surface area contributed by atoms with Crippen molar-refractivity contribution in [3.63, 3.8) is 0 Å². The summed E-state index contributed by atoms with van der Waals surface area (Å²) in [5.74, 6) is -0.773. The summed E-state index contributed by atoms with van der Waals surface area (Å²) in [6.45, 7) is 9.23. The van der Waals surface area contributed by atoms with Gasteiger partial charge in [0.1, 0.15) is 0 Å². The number of aryl methyl sites for hydroxylation is 2. The second-order valence-corrected chi connectivity index (χ2v) is 13.0. The van der Waals surface area contributed by atoms with Gasteiger partial charge in [-0.25, -0.2) is 0 Å². The third-order valence-corrected chi connectivity index (χ3v) is 8.27. The predicted octanol–water partition coefficient (Wildman–Crippen LogP) is 4.66. The van der Waals surface area contributed by atoms with Gasteiger partial charge in [-0.15, -0.1) is 0 Å². The summed E-state index contributed by atoms with van der Waals surface area (Å²) in [4.78, 5) is 61.1. The predicted molar refractivity (Wildman–Crippen MR) is 179 cm³/mol. The van der Waals surface area contributed by atoms with Crippen molar-refractivity contribution in [3.05, 3.63) is 65.2 Å². The zero-order valence-electron chi connectivity index (χ0n) is 28.2. The molecule has 0 spiro atoms. The number of para-hydroxylation sites is 1. The van der Waals surface area contributed by atoms with E-state index in [4.69, 9.17) is 14.6 Å². The van der Waals surface area contributed by atoms with Crippen molar-refractivity contribution in [3.8, 4) is 0 Å². The van der Waals surface area contributed by atoms with Gasteiger partial charge in [-0.3, -0.25) is 24.0 Å². The van der Waals surface area contributed by atoms with Crippen LogP contribution in [0.4, 0.5) is 5.69 Å². The molecule has 0 atom stereocenters. The molecule has 10 heteroatoms. The number of hydrogen-bond donors (Lipinski definition) is 2. The molecular weight excluding hydrogens is 600 g/mol. The van der Waals surface area contributed by atoms with Crippen molar-refractivity contribution < 1.29 is 38.6 Å². The van der Waals surface area contributed by atoms with Crippen LogP contribution in [0.3, 0.4) is 0 Å². The molecule has 1 aliphatic heterocycles. The fourth-order valence-electron chi connectivity index (χ4n) is 5.39. The molecule has 0 unspecified atom stereocenters. The average Bonchev–Trinajstić information content (AvgIpc) is 3.33. The monoisotopic (exact) mass is 650 g/mol. The standard InChI is InChI=1S/C24H30N2O2.C13H20O6/c1-18(2)15-16-25-23(27)13-14-24(28)26-17-21-9-4-3-7-19(21)11-12-20-8-5-6-10-22(20)26;1-13(2,6-7-14)18-8-5-11(17)19-12-9(15)3-4-10(12)16/h3-10,18H,11-17H2,1-2H3,(H,25,27);12,14H,3-8H2,1-2H3. The lowest BCUT2D eigenvalue weighted by molar-refractivity contribution is -0.159. The topological polar surface area (TPSA) is 139 Å². The van der Waals surface area contributed by atoms with Gasteiger partial charge >= 0.3 is 5.97 Å². The molecule has 2 amide bonds. The van der Waals surface area contributed by atoms with Crippen molar-refractivity contribution in [1.29, 1.82) is 0 Å². The third-order valence-electron chi connectivity index (χ3n) is 8.27. The van der Waals surface area contributed by atoms with Crippen LogP contribution in [0, 0.1) is 5.92 Å². The molecule has 2 aromatic carbocycles. The molecule has 1 heterocycles. The maximum atomic E-state index is 13.1. The summed E-state index contributed by atoms with van der Waals surface area (Å²) >= 11 is 0. The zero-order valence-corrected chi connectivity index (χ0v) is 28.2. The van der Waals surface area contributed by atoms with Crippen LogP contribution in [0.15, 0.2) is 48.5 Å². The van der Waals surface area contributed by atoms with Gasteiger partial charge in [-0.1, -0.05) is 56.3 Å². The number of esters is 1. The maximum absolute atomic E-state index is 13.1. The average molecular weight is 651 g/mol. The first-order valence-corrected chi connectivity index (χ1v) is 16.6. The number of benzene rings is 2. The molecule has 256 valence electrons. The Morgan fingerprint density at radius 2 is 1.51 bits per heavy atom. The first kappa shape index (κ1) is 37.6. The van der Waals surface area contributed by atoms with Crippen LogP contribution in [0.5, 0.6) is 0 Å². The molecule has 1 aliphatic carbocycles. The lowest BCUT2D eigenvalue weighted by Crippen LogP contribution is -2.34. The van der Waals surface area contributed by atoms with E-state index >= 15 is 0 Å². The Morgan fingerprint density at radius 1 is 0.894 bits per heavy atom. The second kappa shape index (κ2) is 18.4. The van der Waals surface area contributed by atoms with Crippen molar-refractivity contribution in [2.45, 2.75) is 104 Å². The molecule has 0 aromatic heterocycles. The Hall–Kier alpha value is -3.89. The van der Waals surface area contributed by atoms with Gasteiger partial charge in [0.25, 0.3) is 0 Å². The van der Waals surface area contributed by atoms with Crippen LogP contribution in [0.2, 0.25) is 0 Å². The number of rotatable bonds is 13. The lowest BCUT2D eigenvalue weighted by Gasteiger charge is -2.29. The molecule has 0 saturated heterocycles. The number of ether oxygens (including phenoxy) is 2. The molecule has 0 bridgehead atoms. The highest BCUT2D eigenvalue weighted by Gasteiger charge is 2.36. The number of amides is 2. The highest BCUT2D eigenvalue weighted by molar-refractivity contribution is 6.12. The van der Waals surface area contributed by atoms with Gasteiger partial charge < -0.3 is 24.8 Å². The van der Waals surface area contributed by atoms with E-state index in [0.29, 0.717) is 25.4 Å². The molecule has 47 heavy (non-hydrogen) atoms. The van der Waals surface area contributed by atoms with E-state index in [1.807, 2.05) is 29.2 Å². The molecule has 2 aromatic rings. The van der Waals surface area contributed by atoms with E-state index < -0.39 is 17.7 Å². The van der Waals surface area contributed by atoms with Crippen LogP contribution in [-0.4, -0.2) is 65.9 Å². The number of nitrogens with zero attached hydrogens (tertiary/aromatic N) is 1. The molecular formula is C37H50N2O8. The van der Waals surface area contributed by atoms with Gasteiger partial charge in [0.05, 0.1) is 25.2 Å². The summed E-state index contributed by atoms with van der Waals surface area (Å²) in [6, 6.07) is 16.4. The smallest absolute Gasteiger partial charge is 0.309 e. The fourth-order valence-corrected chi connectivity index (χ4v) is 5.39. The normalized spacial score (nSPS) is 14.8. The number of fused-ring (bicyclic) bond motifs is 2. The van der Waals surface area contributed by atoms with Gasteiger partial charge in [0.15, 0.2) is 11.6 Å². The fraction of sp³-hybridized carbons (Fsp3) is 0.541. The number of carbonyl (C=O) groups excluding carboxylic acids is 5. The van der Waals surface area contributed by atoms with Crippen molar-refractivity contribution in [2.75, 3.05) is 24.7 Å². The third kappa shape index (κ3) is 12.3. The SMILES string of the molecule is CC(C)(CCO)OCCC(=O)OC1C(=O)CCC1=O.CC(C)CCNC(=O)CCC(=O)N1Cc2ccccc2CCc2ccccc21. The Labute approximate surface area is 278 Å². The number of ketones is 2. The molecule has 2 N–H and O–H groups in total. The number of Topliss-reactive ketones (excluding diaryl/α,β-unsaturated/α-hetero) is 2. The Kier molecular flexibility index (Phi) is 14.7. The summed E-state index contributed by atoms with van der Waals surface area (Å²) < 4.78 is 10.3. The van der Waals surface area contributed by atoms with Gasteiger partial charge in [-0.05, 0) is 68.2 Å². The molecule has 10 nitrogen and oxygen atoms in total. The van der Waals surface area contributed by atoms with E-state index in [0.717, 1.165) is 24.9 Å². The van der Waals surface area contributed by atoms with Crippen LogP contribution in [0.1, 0.15) is 89.3 Å². The number of hydrogen-bond acceptors (Lipinski definition) is 8. The first-order valence-electron chi connectivity index (χ1n) is 16.6. The van der Waals surface area contributed by atoms with Crippen molar-refractivity contribution >= 4 is 35.0 Å². The number of anilines is 1. The maximum Gasteiger partial charge on any atom is 0.309 e. The zero-order chi connectivity index (χ0) is 34.4. The summed E-state index contributed by atoms with van der Waals surface area (Å²) in [5.41, 5.74) is 4.12. The summed E-state index contributed by atoms with van der Waals surface area (Å²) in [5, 5.41) is 11.7. The molecule has 0 radical (unpaired) electrons. The van der Waals surface area contributed by atoms with Crippen LogP contribution in [0.25, 0.3) is 0 Å². The van der Waals surface area contributed by atoms with Crippen molar-refractivity contribution in [2.24, 2.45) is 5.92 Å². The molecule has 2 aliphatic rings. The van der Waals surface area contributed by atoms with Gasteiger partial charge in [0, 0.05) is 44.5 Å². The first-order chi connectivity index (χ1) is 22.4. The lowest BCUT2D eigenvalue weighted by atomic mass is 9.95. The van der Waals surface area contributed by atoms with Gasteiger partial charge in [0.2, 0.25) is 17.9 Å². The molecule has 4 rings (SSSR count). The van der Waals surface area contributed by atoms with Crippen LogP contribution < -0.4 is 10.2 Å². The highest BCUT2D eigenvalue weighted by Crippen LogP contribution is 2.29. The van der Waals surface area contributed by atoms with Crippen LogP contribution in [-0.2, 0) is 52.8 Å². The van der Waals surface area contributed by atoms with E-state index in [9.17, 15) is 24.0 Å². The largest absolute Gasteiger partial charge is 0.446 e. The number of carbonyl (C=O) groups is 5. The van der Waals surface area contributed by atoms with E-state index in [2.05, 4.69) is 43.4 Å². The van der Waals surface area contributed by atoms with Gasteiger partial charge in [-0.2, -0.15) is 0 Å². The summed E-state index contributed by atoms with van der Waals surface area (Å²) in [7, 11) is 0. The van der Waals surface area contributed by atoms with E-state index in [1.165, 1.54) is 16.7 Å². The molecule has 1 saturated carbocycles. The van der Waals surface area contributed by atoms with E-state index in [-0.39, 0.29) is 68.7 Å². The number of aliphatic hydroxyl groups is 1. The highest BCUT2D eigenvalue weighted by atomic mass is 16.6. The Balaban J connectivity index is 0.000000277. The number of nitrogens with one attached hydrogen (secondary N) is 1. The Morgan fingerprint density at radius 3 is 2.17 bits per heavy atom. The quantitative estimate of drug-likeness (QED) is 0.236. The minimum atomic E-state index is -1.21.